The van der Waals surface area contributed by atoms with Crippen molar-refractivity contribution in [1.82, 2.24) is 9.78 Å². The summed E-state index contributed by atoms with van der Waals surface area (Å²) < 4.78 is 1.61. The molecule has 1 atom stereocenters. The van der Waals surface area contributed by atoms with Gasteiger partial charge in [0.15, 0.2) is 0 Å². The Hall–Kier alpha value is -2.10. The topological polar surface area (TPSA) is 46.9 Å². The van der Waals surface area contributed by atoms with Crippen LogP contribution in [-0.2, 0) is 7.05 Å². The second kappa shape index (κ2) is 5.69. The van der Waals surface area contributed by atoms with Crippen LogP contribution in [-0.4, -0.2) is 15.7 Å². The summed E-state index contributed by atoms with van der Waals surface area (Å²) in [7, 11) is 1.79. The van der Waals surface area contributed by atoms with Crippen molar-refractivity contribution in [1.29, 1.82) is 0 Å². The highest BCUT2D eigenvalue weighted by atomic mass is 16.1. The number of carbonyl (C=O) groups excluding carboxylic acids is 1. The van der Waals surface area contributed by atoms with Crippen LogP contribution in [0, 0.1) is 0 Å². The molecule has 1 amide bonds. The van der Waals surface area contributed by atoms with Crippen molar-refractivity contribution < 1.29 is 4.79 Å². The van der Waals surface area contributed by atoms with Gasteiger partial charge < -0.3 is 5.32 Å². The van der Waals surface area contributed by atoms with Gasteiger partial charge in [-0.15, -0.1) is 0 Å². The van der Waals surface area contributed by atoms with E-state index >= 15 is 0 Å². The van der Waals surface area contributed by atoms with Crippen LogP contribution in [0.5, 0.6) is 0 Å². The van der Waals surface area contributed by atoms with E-state index in [1.54, 1.807) is 24.1 Å². The molecule has 1 aromatic carbocycles. The number of aromatic nitrogens is 2. The summed E-state index contributed by atoms with van der Waals surface area (Å²) in [6.07, 6.45) is 4.37. The van der Waals surface area contributed by atoms with E-state index in [4.69, 9.17) is 0 Å². The predicted molar refractivity (Wildman–Crippen MR) is 76.3 cm³/mol. The lowest BCUT2D eigenvalue weighted by Crippen LogP contribution is -2.11. The van der Waals surface area contributed by atoms with Crippen molar-refractivity contribution >= 4 is 11.6 Å². The van der Waals surface area contributed by atoms with Crippen molar-refractivity contribution in [2.75, 3.05) is 5.32 Å². The lowest BCUT2D eigenvalue weighted by Gasteiger charge is -2.10. The standard InChI is InChI=1S/C15H19N3O/c1-4-11(2)12-5-7-14(8-6-12)17-15(19)13-9-16-18(3)10-13/h5-11H,4H2,1-3H3,(H,17,19)/t11-/m0/s1. The minimum absolute atomic E-state index is 0.135. The molecule has 2 aromatic rings. The Labute approximate surface area is 113 Å². The molecule has 0 unspecified atom stereocenters. The van der Waals surface area contributed by atoms with Crippen LogP contribution in [0.3, 0.4) is 0 Å². The number of carbonyl (C=O) groups is 1. The summed E-state index contributed by atoms with van der Waals surface area (Å²) >= 11 is 0. The average Bonchev–Trinajstić information content (AvgIpc) is 2.85. The second-order valence-electron chi connectivity index (χ2n) is 4.79. The summed E-state index contributed by atoms with van der Waals surface area (Å²) in [4.78, 5) is 11.9. The smallest absolute Gasteiger partial charge is 0.258 e. The summed E-state index contributed by atoms with van der Waals surface area (Å²) in [6, 6.07) is 8.01. The maximum absolute atomic E-state index is 11.9. The molecule has 0 aliphatic carbocycles. The van der Waals surface area contributed by atoms with Gasteiger partial charge in [0.05, 0.1) is 11.8 Å². The fourth-order valence-electron chi connectivity index (χ4n) is 1.87. The fraction of sp³-hybridized carbons (Fsp3) is 0.333. The van der Waals surface area contributed by atoms with Gasteiger partial charge in [0, 0.05) is 18.9 Å². The molecule has 0 spiro atoms. The maximum Gasteiger partial charge on any atom is 0.258 e. The first-order valence-corrected chi connectivity index (χ1v) is 6.50. The number of benzene rings is 1. The zero-order chi connectivity index (χ0) is 13.8. The lowest BCUT2D eigenvalue weighted by molar-refractivity contribution is 0.102. The van der Waals surface area contributed by atoms with Crippen molar-refractivity contribution in [3.8, 4) is 0 Å². The summed E-state index contributed by atoms with van der Waals surface area (Å²) in [5, 5.41) is 6.85. The van der Waals surface area contributed by atoms with Gasteiger partial charge in [-0.25, -0.2) is 0 Å². The normalized spacial score (nSPS) is 12.2. The number of amides is 1. The third-order valence-electron chi connectivity index (χ3n) is 3.32. The number of rotatable bonds is 4. The van der Waals surface area contributed by atoms with E-state index in [-0.39, 0.29) is 5.91 Å². The fourth-order valence-corrected chi connectivity index (χ4v) is 1.87. The molecule has 0 saturated carbocycles. The maximum atomic E-state index is 11.9. The van der Waals surface area contributed by atoms with Crippen molar-refractivity contribution in [2.24, 2.45) is 7.05 Å². The Morgan fingerprint density at radius 2 is 2.05 bits per heavy atom. The lowest BCUT2D eigenvalue weighted by atomic mass is 9.99. The number of aryl methyl sites for hydroxylation is 1. The summed E-state index contributed by atoms with van der Waals surface area (Å²) in [5.74, 6) is 0.410. The van der Waals surface area contributed by atoms with Crippen molar-refractivity contribution in [3.05, 3.63) is 47.8 Å². The summed E-state index contributed by atoms with van der Waals surface area (Å²) in [6.45, 7) is 4.37. The number of hydrogen-bond donors (Lipinski definition) is 1. The van der Waals surface area contributed by atoms with E-state index in [1.165, 1.54) is 5.56 Å². The molecular formula is C15H19N3O. The molecule has 1 aromatic heterocycles. The molecule has 100 valence electrons. The number of nitrogens with one attached hydrogen (secondary N) is 1. The first-order valence-electron chi connectivity index (χ1n) is 6.50. The van der Waals surface area contributed by atoms with Crippen molar-refractivity contribution in [2.45, 2.75) is 26.2 Å². The third-order valence-corrected chi connectivity index (χ3v) is 3.32. The van der Waals surface area contributed by atoms with Crippen LogP contribution < -0.4 is 5.32 Å². The highest BCUT2D eigenvalue weighted by molar-refractivity contribution is 6.03. The minimum Gasteiger partial charge on any atom is -0.322 e. The first-order chi connectivity index (χ1) is 9.10. The zero-order valence-corrected chi connectivity index (χ0v) is 11.6. The molecule has 0 aliphatic rings. The Morgan fingerprint density at radius 1 is 1.37 bits per heavy atom. The molecule has 2 rings (SSSR count). The molecule has 4 heteroatoms. The highest BCUT2D eigenvalue weighted by Crippen LogP contribution is 2.20. The quantitative estimate of drug-likeness (QED) is 0.914. The Kier molecular flexibility index (Phi) is 4.00. The Morgan fingerprint density at radius 3 is 2.58 bits per heavy atom. The van der Waals surface area contributed by atoms with Crippen LogP contribution in [0.4, 0.5) is 5.69 Å². The number of hydrogen-bond acceptors (Lipinski definition) is 2. The third kappa shape index (κ3) is 3.22. The van der Waals surface area contributed by atoms with Gasteiger partial charge in [0.25, 0.3) is 5.91 Å². The monoisotopic (exact) mass is 257 g/mol. The van der Waals surface area contributed by atoms with E-state index < -0.39 is 0 Å². The molecule has 0 saturated heterocycles. The van der Waals surface area contributed by atoms with Crippen LogP contribution in [0.15, 0.2) is 36.7 Å². The van der Waals surface area contributed by atoms with Gasteiger partial charge in [0.2, 0.25) is 0 Å². The predicted octanol–water partition coefficient (Wildman–Crippen LogP) is 3.19. The van der Waals surface area contributed by atoms with Gasteiger partial charge in [-0.2, -0.15) is 5.10 Å². The van der Waals surface area contributed by atoms with Gasteiger partial charge in [0.1, 0.15) is 0 Å². The summed E-state index contributed by atoms with van der Waals surface area (Å²) in [5.41, 5.74) is 2.66. The van der Waals surface area contributed by atoms with Gasteiger partial charge >= 0.3 is 0 Å². The molecule has 1 heterocycles. The van der Waals surface area contributed by atoms with Crippen molar-refractivity contribution in [3.63, 3.8) is 0 Å². The number of anilines is 1. The number of nitrogens with zero attached hydrogens (tertiary/aromatic N) is 2. The highest BCUT2D eigenvalue weighted by Gasteiger charge is 2.08. The van der Waals surface area contributed by atoms with Crippen LogP contribution in [0.1, 0.15) is 42.1 Å². The molecule has 0 radical (unpaired) electrons. The molecule has 0 aliphatic heterocycles. The minimum atomic E-state index is -0.135. The van der Waals surface area contributed by atoms with Gasteiger partial charge in [-0.3, -0.25) is 9.48 Å². The molecule has 0 bridgehead atoms. The van der Waals surface area contributed by atoms with Gasteiger partial charge in [-0.1, -0.05) is 26.0 Å². The molecule has 1 N–H and O–H groups in total. The van der Waals surface area contributed by atoms with E-state index in [9.17, 15) is 4.79 Å². The first kappa shape index (κ1) is 13.3. The SMILES string of the molecule is CC[C@H](C)c1ccc(NC(=O)c2cnn(C)c2)cc1. The zero-order valence-electron chi connectivity index (χ0n) is 11.6. The molecule has 4 nitrogen and oxygen atoms in total. The van der Waals surface area contributed by atoms with E-state index in [0.29, 0.717) is 11.5 Å². The average molecular weight is 257 g/mol. The van der Waals surface area contributed by atoms with Crippen LogP contribution >= 0.6 is 0 Å². The Balaban J connectivity index is 2.05. The largest absolute Gasteiger partial charge is 0.322 e. The van der Waals surface area contributed by atoms with Crippen LogP contribution in [0.2, 0.25) is 0 Å². The second-order valence-corrected chi connectivity index (χ2v) is 4.79. The Bertz CT molecular complexity index is 557. The van der Waals surface area contributed by atoms with E-state index in [2.05, 4.69) is 36.4 Å². The molecular weight excluding hydrogens is 238 g/mol. The van der Waals surface area contributed by atoms with E-state index in [1.807, 2.05) is 12.1 Å². The molecule has 0 fully saturated rings. The molecule has 19 heavy (non-hydrogen) atoms. The van der Waals surface area contributed by atoms with Gasteiger partial charge in [-0.05, 0) is 30.0 Å². The van der Waals surface area contributed by atoms with Crippen LogP contribution in [0.25, 0.3) is 0 Å². The van der Waals surface area contributed by atoms with E-state index in [0.717, 1.165) is 12.1 Å².